The molecule has 6 nitrogen and oxygen atoms in total. The molecule has 2 amide bonds. The molecule has 2 N–H and O–H groups in total. The first-order valence-electron chi connectivity index (χ1n) is 14.6. The summed E-state index contributed by atoms with van der Waals surface area (Å²) in [4.78, 5) is 24.4. The Morgan fingerprint density at radius 1 is 0.771 bits per heavy atom. The molecule has 0 spiro atoms. The van der Waals surface area contributed by atoms with Gasteiger partial charge in [-0.15, -0.1) is 0 Å². The van der Waals surface area contributed by atoms with Crippen molar-refractivity contribution in [2.45, 2.75) is 122 Å². The van der Waals surface area contributed by atoms with Crippen LogP contribution in [0, 0.1) is 11.8 Å². The molecule has 35 heavy (non-hydrogen) atoms. The van der Waals surface area contributed by atoms with Gasteiger partial charge in [-0.25, -0.2) is 9.80 Å². The minimum absolute atomic E-state index is 0.0405. The molecule has 2 atom stereocenters. The van der Waals surface area contributed by atoms with Crippen LogP contribution >= 0.6 is 0 Å². The summed E-state index contributed by atoms with van der Waals surface area (Å²) in [7, 11) is 3.47. The van der Waals surface area contributed by atoms with E-state index in [2.05, 4.69) is 29.8 Å². The lowest BCUT2D eigenvalue weighted by Gasteiger charge is -2.27. The Balaban J connectivity index is 1.96. The first kappa shape index (κ1) is 31.5. The summed E-state index contributed by atoms with van der Waals surface area (Å²) in [5.74, 6) is 0.0175. The standard InChI is InChI=1S/C29H55N3O3/c1-4-5-6-7-8-9-10-11-12-13-14-15-16-17-18-21-24-30-28(33)27-23-20-19-22-26(27)25-35-29(34)31-32(2)3/h19-20,26-27H,4-18,21-25H2,1-3H3,(H,30,33)(H,31,34). The van der Waals surface area contributed by atoms with Crippen molar-refractivity contribution >= 4 is 12.0 Å². The van der Waals surface area contributed by atoms with E-state index in [0.717, 1.165) is 19.4 Å². The quantitative estimate of drug-likeness (QED) is 0.101. The van der Waals surface area contributed by atoms with Crippen molar-refractivity contribution in [3.63, 3.8) is 0 Å². The number of hydrazine groups is 1. The maximum Gasteiger partial charge on any atom is 0.421 e. The second-order valence-corrected chi connectivity index (χ2v) is 10.5. The van der Waals surface area contributed by atoms with Gasteiger partial charge in [0.05, 0.1) is 6.61 Å². The van der Waals surface area contributed by atoms with Crippen LogP contribution in [-0.4, -0.2) is 44.3 Å². The molecule has 0 heterocycles. The first-order chi connectivity index (χ1) is 17.0. The highest BCUT2D eigenvalue weighted by molar-refractivity contribution is 5.79. The second kappa shape index (κ2) is 21.7. The van der Waals surface area contributed by atoms with Crippen LogP contribution in [0.2, 0.25) is 0 Å². The van der Waals surface area contributed by atoms with Crippen molar-refractivity contribution in [3.8, 4) is 0 Å². The number of carbonyl (C=O) groups is 2. The van der Waals surface area contributed by atoms with Gasteiger partial charge in [-0.05, 0) is 19.3 Å². The zero-order valence-electron chi connectivity index (χ0n) is 23.1. The molecule has 2 unspecified atom stereocenters. The Labute approximate surface area is 216 Å². The number of amides is 2. The Hall–Kier alpha value is -1.56. The van der Waals surface area contributed by atoms with Gasteiger partial charge in [-0.2, -0.15) is 0 Å². The number of hydrogen-bond donors (Lipinski definition) is 2. The Bertz CT molecular complexity index is 565. The topological polar surface area (TPSA) is 70.7 Å². The lowest BCUT2D eigenvalue weighted by atomic mass is 9.83. The molecule has 6 heteroatoms. The molecule has 1 aliphatic carbocycles. The van der Waals surface area contributed by atoms with Crippen molar-refractivity contribution < 1.29 is 14.3 Å². The smallest absolute Gasteiger partial charge is 0.421 e. The van der Waals surface area contributed by atoms with E-state index in [9.17, 15) is 9.59 Å². The van der Waals surface area contributed by atoms with Crippen LogP contribution in [0.4, 0.5) is 4.79 Å². The molecule has 0 bridgehead atoms. The highest BCUT2D eigenvalue weighted by atomic mass is 16.6. The van der Waals surface area contributed by atoms with Gasteiger partial charge in [-0.3, -0.25) is 10.2 Å². The molecule has 1 rings (SSSR count). The van der Waals surface area contributed by atoms with E-state index in [1.54, 1.807) is 19.1 Å². The second-order valence-electron chi connectivity index (χ2n) is 10.5. The van der Waals surface area contributed by atoms with Gasteiger partial charge in [0.2, 0.25) is 5.91 Å². The minimum Gasteiger partial charge on any atom is -0.448 e. The number of hydrogen-bond acceptors (Lipinski definition) is 4. The molecule has 204 valence electrons. The third-order valence-corrected chi connectivity index (χ3v) is 6.97. The molecule has 0 saturated heterocycles. The van der Waals surface area contributed by atoms with Gasteiger partial charge in [-0.1, -0.05) is 115 Å². The number of carbonyl (C=O) groups excluding carboxylic acids is 2. The van der Waals surface area contributed by atoms with Crippen molar-refractivity contribution in [2.75, 3.05) is 27.2 Å². The summed E-state index contributed by atoms with van der Waals surface area (Å²) in [5, 5.41) is 4.66. The third-order valence-electron chi connectivity index (χ3n) is 6.97. The normalized spacial score (nSPS) is 17.5. The number of rotatable bonds is 21. The predicted molar refractivity (Wildman–Crippen MR) is 146 cm³/mol. The van der Waals surface area contributed by atoms with E-state index in [1.165, 1.54) is 96.3 Å². The van der Waals surface area contributed by atoms with Crippen LogP contribution < -0.4 is 10.7 Å². The molecular weight excluding hydrogens is 438 g/mol. The summed E-state index contributed by atoms with van der Waals surface area (Å²) in [5.41, 5.74) is 2.57. The fourth-order valence-corrected chi connectivity index (χ4v) is 4.79. The summed E-state index contributed by atoms with van der Waals surface area (Å²) in [6, 6.07) is 0. The summed E-state index contributed by atoms with van der Waals surface area (Å²) in [6.45, 7) is 3.29. The first-order valence-corrected chi connectivity index (χ1v) is 14.6. The molecule has 0 fully saturated rings. The van der Waals surface area contributed by atoms with Crippen LogP contribution in [0.1, 0.15) is 122 Å². The maximum atomic E-state index is 12.7. The van der Waals surface area contributed by atoms with E-state index < -0.39 is 6.09 Å². The highest BCUT2D eigenvalue weighted by Gasteiger charge is 2.29. The lowest BCUT2D eigenvalue weighted by molar-refractivity contribution is -0.127. The fourth-order valence-electron chi connectivity index (χ4n) is 4.79. The van der Waals surface area contributed by atoms with Crippen LogP contribution in [0.15, 0.2) is 12.2 Å². The van der Waals surface area contributed by atoms with Gasteiger partial charge in [0.1, 0.15) is 0 Å². The zero-order valence-corrected chi connectivity index (χ0v) is 23.1. The van der Waals surface area contributed by atoms with E-state index >= 15 is 0 Å². The van der Waals surface area contributed by atoms with Gasteiger partial charge in [0.25, 0.3) is 0 Å². The van der Waals surface area contributed by atoms with Crippen molar-refractivity contribution in [1.82, 2.24) is 15.8 Å². The Morgan fingerprint density at radius 2 is 1.26 bits per heavy atom. The largest absolute Gasteiger partial charge is 0.448 e. The average molecular weight is 494 g/mol. The molecule has 0 saturated carbocycles. The zero-order chi connectivity index (χ0) is 25.6. The van der Waals surface area contributed by atoms with E-state index in [0.29, 0.717) is 6.42 Å². The number of unbranched alkanes of at least 4 members (excludes halogenated alkanes) is 15. The van der Waals surface area contributed by atoms with E-state index in [1.807, 2.05) is 0 Å². The van der Waals surface area contributed by atoms with Crippen molar-refractivity contribution in [2.24, 2.45) is 11.8 Å². The lowest BCUT2D eigenvalue weighted by Crippen LogP contribution is -2.40. The van der Waals surface area contributed by atoms with Crippen LogP contribution in [-0.2, 0) is 9.53 Å². The molecular formula is C29H55N3O3. The number of nitrogens with zero attached hydrogens (tertiary/aromatic N) is 1. The van der Waals surface area contributed by atoms with Crippen molar-refractivity contribution in [1.29, 1.82) is 0 Å². The van der Waals surface area contributed by atoms with Gasteiger partial charge < -0.3 is 10.1 Å². The monoisotopic (exact) mass is 493 g/mol. The predicted octanol–water partition coefficient (Wildman–Crippen LogP) is 7.15. The minimum atomic E-state index is -0.475. The van der Waals surface area contributed by atoms with E-state index in [4.69, 9.17) is 4.74 Å². The van der Waals surface area contributed by atoms with Crippen LogP contribution in [0.3, 0.4) is 0 Å². The average Bonchev–Trinajstić information content (AvgIpc) is 2.84. The summed E-state index contributed by atoms with van der Waals surface area (Å²) in [6.07, 6.45) is 26.8. The van der Waals surface area contributed by atoms with Gasteiger partial charge in [0, 0.05) is 32.5 Å². The van der Waals surface area contributed by atoms with E-state index in [-0.39, 0.29) is 24.3 Å². The summed E-state index contributed by atoms with van der Waals surface area (Å²) < 4.78 is 5.31. The van der Waals surface area contributed by atoms with Crippen LogP contribution in [0.5, 0.6) is 0 Å². The molecule has 0 radical (unpaired) electrons. The van der Waals surface area contributed by atoms with Gasteiger partial charge in [0.15, 0.2) is 0 Å². The van der Waals surface area contributed by atoms with Crippen LogP contribution in [0.25, 0.3) is 0 Å². The maximum absolute atomic E-state index is 12.7. The molecule has 0 aliphatic heterocycles. The molecule has 0 aromatic carbocycles. The molecule has 0 aromatic heterocycles. The summed E-state index contributed by atoms with van der Waals surface area (Å²) >= 11 is 0. The van der Waals surface area contributed by atoms with Crippen molar-refractivity contribution in [3.05, 3.63) is 12.2 Å². The number of nitrogens with one attached hydrogen (secondary N) is 2. The Morgan fingerprint density at radius 3 is 1.77 bits per heavy atom. The number of ether oxygens (including phenoxy) is 1. The molecule has 0 aromatic rings. The number of allylic oxidation sites excluding steroid dienone is 2. The third kappa shape index (κ3) is 17.5. The highest BCUT2D eigenvalue weighted by Crippen LogP contribution is 2.26. The van der Waals surface area contributed by atoms with Gasteiger partial charge >= 0.3 is 6.09 Å². The fraction of sp³-hybridized carbons (Fsp3) is 0.862. The molecule has 1 aliphatic rings. The SMILES string of the molecule is CCCCCCCCCCCCCCCCCCNC(=O)C1CC=CCC1COC(=O)NN(C)C. The Kier molecular flexibility index (Phi) is 19.5.